The number of anilines is 2. The van der Waals surface area contributed by atoms with Gasteiger partial charge in [0.1, 0.15) is 5.75 Å². The Kier molecular flexibility index (Phi) is 4.48. The third kappa shape index (κ3) is 3.22. The third-order valence-electron chi connectivity index (χ3n) is 2.82. The molecule has 0 fully saturated rings. The molecule has 0 unspecified atom stereocenters. The summed E-state index contributed by atoms with van der Waals surface area (Å²) in [5.74, 6) is 0.452. The molecule has 0 aromatic heterocycles. The van der Waals surface area contributed by atoms with Gasteiger partial charge in [0.25, 0.3) is 5.91 Å². The second kappa shape index (κ2) is 6.30. The van der Waals surface area contributed by atoms with Crippen LogP contribution in [0, 0.1) is 0 Å². The highest BCUT2D eigenvalue weighted by molar-refractivity contribution is 6.31. The lowest BCUT2D eigenvalue weighted by Crippen LogP contribution is -2.14. The van der Waals surface area contributed by atoms with E-state index in [9.17, 15) is 4.79 Å². The van der Waals surface area contributed by atoms with Crippen LogP contribution in [0.2, 0.25) is 5.02 Å². The van der Waals surface area contributed by atoms with E-state index in [2.05, 4.69) is 10.6 Å². The SMILES string of the molecule is CNc1ccc(Cl)cc1C(=O)Nc1cccc(OC)c1. The Labute approximate surface area is 122 Å². The summed E-state index contributed by atoms with van der Waals surface area (Å²) in [5.41, 5.74) is 1.87. The van der Waals surface area contributed by atoms with Crippen LogP contribution in [0.25, 0.3) is 0 Å². The highest BCUT2D eigenvalue weighted by Crippen LogP contribution is 2.23. The fourth-order valence-corrected chi connectivity index (χ4v) is 1.99. The summed E-state index contributed by atoms with van der Waals surface area (Å²) in [6.45, 7) is 0. The Morgan fingerprint density at radius 2 is 2.00 bits per heavy atom. The smallest absolute Gasteiger partial charge is 0.257 e. The number of ether oxygens (including phenoxy) is 1. The van der Waals surface area contributed by atoms with Gasteiger partial charge in [-0.2, -0.15) is 0 Å². The standard InChI is InChI=1S/C15H15ClN2O2/c1-17-14-7-6-10(16)8-13(14)15(19)18-11-4-3-5-12(9-11)20-2/h3-9,17H,1-2H3,(H,18,19). The second-order valence-electron chi connectivity index (χ2n) is 4.13. The molecule has 2 aromatic carbocycles. The largest absolute Gasteiger partial charge is 0.497 e. The summed E-state index contributed by atoms with van der Waals surface area (Å²) >= 11 is 5.94. The first kappa shape index (κ1) is 14.2. The van der Waals surface area contributed by atoms with Crippen molar-refractivity contribution in [2.45, 2.75) is 0 Å². The minimum absolute atomic E-state index is 0.231. The van der Waals surface area contributed by atoms with Crippen molar-refractivity contribution in [3.05, 3.63) is 53.1 Å². The molecule has 2 aromatic rings. The Balaban J connectivity index is 2.25. The maximum atomic E-state index is 12.3. The fourth-order valence-electron chi connectivity index (χ4n) is 1.82. The first-order valence-electron chi connectivity index (χ1n) is 6.06. The highest BCUT2D eigenvalue weighted by Gasteiger charge is 2.12. The monoisotopic (exact) mass is 290 g/mol. The van der Waals surface area contributed by atoms with Crippen molar-refractivity contribution in [3.63, 3.8) is 0 Å². The van der Waals surface area contributed by atoms with Crippen LogP contribution in [-0.2, 0) is 0 Å². The first-order chi connectivity index (χ1) is 9.63. The van der Waals surface area contributed by atoms with Crippen molar-refractivity contribution in [3.8, 4) is 5.75 Å². The van der Waals surface area contributed by atoms with E-state index in [-0.39, 0.29) is 5.91 Å². The summed E-state index contributed by atoms with van der Waals surface area (Å²) in [5, 5.41) is 6.30. The molecule has 104 valence electrons. The van der Waals surface area contributed by atoms with Crippen molar-refractivity contribution in [2.24, 2.45) is 0 Å². The molecular formula is C15H15ClN2O2. The number of amides is 1. The molecule has 0 saturated heterocycles. The average molecular weight is 291 g/mol. The van der Waals surface area contributed by atoms with Crippen molar-refractivity contribution in [2.75, 3.05) is 24.8 Å². The maximum Gasteiger partial charge on any atom is 0.257 e. The van der Waals surface area contributed by atoms with Crippen LogP contribution in [0.5, 0.6) is 5.75 Å². The molecule has 5 heteroatoms. The van der Waals surface area contributed by atoms with Gasteiger partial charge < -0.3 is 15.4 Å². The van der Waals surface area contributed by atoms with E-state index in [1.807, 2.05) is 12.1 Å². The van der Waals surface area contributed by atoms with Crippen LogP contribution in [0.4, 0.5) is 11.4 Å². The number of nitrogens with one attached hydrogen (secondary N) is 2. The molecule has 0 atom stereocenters. The van der Waals surface area contributed by atoms with Gasteiger partial charge in [0.05, 0.1) is 12.7 Å². The average Bonchev–Trinajstić information content (AvgIpc) is 2.47. The second-order valence-corrected chi connectivity index (χ2v) is 4.56. The predicted molar refractivity (Wildman–Crippen MR) is 81.9 cm³/mol. The number of carbonyl (C=O) groups excluding carboxylic acids is 1. The molecule has 0 saturated carbocycles. The predicted octanol–water partition coefficient (Wildman–Crippen LogP) is 3.64. The van der Waals surface area contributed by atoms with Gasteiger partial charge in [0.15, 0.2) is 0 Å². The highest BCUT2D eigenvalue weighted by atomic mass is 35.5. The van der Waals surface area contributed by atoms with Gasteiger partial charge in [-0.25, -0.2) is 0 Å². The summed E-state index contributed by atoms with van der Waals surface area (Å²) in [7, 11) is 3.34. The molecule has 20 heavy (non-hydrogen) atoms. The van der Waals surface area contributed by atoms with Gasteiger partial charge in [-0.3, -0.25) is 4.79 Å². The lowest BCUT2D eigenvalue weighted by atomic mass is 10.1. The number of hydrogen-bond donors (Lipinski definition) is 2. The molecule has 0 bridgehead atoms. The van der Waals surface area contributed by atoms with E-state index in [0.717, 1.165) is 5.69 Å². The molecule has 0 heterocycles. The minimum Gasteiger partial charge on any atom is -0.497 e. The van der Waals surface area contributed by atoms with E-state index < -0.39 is 0 Å². The van der Waals surface area contributed by atoms with Crippen LogP contribution in [0.3, 0.4) is 0 Å². The van der Waals surface area contributed by atoms with Crippen molar-refractivity contribution < 1.29 is 9.53 Å². The van der Waals surface area contributed by atoms with Crippen LogP contribution >= 0.6 is 11.6 Å². The van der Waals surface area contributed by atoms with Gasteiger partial charge >= 0.3 is 0 Å². The molecule has 0 aliphatic heterocycles. The quantitative estimate of drug-likeness (QED) is 0.904. The van der Waals surface area contributed by atoms with E-state index >= 15 is 0 Å². The molecular weight excluding hydrogens is 276 g/mol. The Hall–Kier alpha value is -2.20. The zero-order chi connectivity index (χ0) is 14.5. The molecule has 1 amide bonds. The van der Waals surface area contributed by atoms with Crippen LogP contribution in [-0.4, -0.2) is 20.1 Å². The Morgan fingerprint density at radius 1 is 1.20 bits per heavy atom. The van der Waals surface area contributed by atoms with Crippen LogP contribution in [0.1, 0.15) is 10.4 Å². The van der Waals surface area contributed by atoms with Crippen molar-refractivity contribution >= 4 is 28.9 Å². The molecule has 0 aliphatic carbocycles. The fraction of sp³-hybridized carbons (Fsp3) is 0.133. The zero-order valence-electron chi connectivity index (χ0n) is 11.2. The lowest BCUT2D eigenvalue weighted by Gasteiger charge is -2.11. The molecule has 4 nitrogen and oxygen atoms in total. The van der Waals surface area contributed by atoms with Gasteiger partial charge in [0.2, 0.25) is 0 Å². The van der Waals surface area contributed by atoms with Crippen LogP contribution in [0.15, 0.2) is 42.5 Å². The summed E-state index contributed by atoms with van der Waals surface area (Å²) in [6.07, 6.45) is 0. The van der Waals surface area contributed by atoms with Gasteiger partial charge in [0, 0.05) is 29.5 Å². The topological polar surface area (TPSA) is 50.4 Å². The van der Waals surface area contributed by atoms with Gasteiger partial charge in [-0.05, 0) is 30.3 Å². The first-order valence-corrected chi connectivity index (χ1v) is 6.44. The van der Waals surface area contributed by atoms with Crippen molar-refractivity contribution in [1.29, 1.82) is 0 Å². The zero-order valence-corrected chi connectivity index (χ0v) is 12.0. The van der Waals surface area contributed by atoms with E-state index in [4.69, 9.17) is 16.3 Å². The number of hydrogen-bond acceptors (Lipinski definition) is 3. The molecule has 0 radical (unpaired) electrons. The normalized spacial score (nSPS) is 9.95. The summed E-state index contributed by atoms with van der Waals surface area (Å²) in [4.78, 5) is 12.3. The van der Waals surface area contributed by atoms with Crippen molar-refractivity contribution in [1.82, 2.24) is 0 Å². The maximum absolute atomic E-state index is 12.3. The summed E-state index contributed by atoms with van der Waals surface area (Å²) in [6, 6.07) is 12.3. The lowest BCUT2D eigenvalue weighted by molar-refractivity contribution is 0.102. The van der Waals surface area contributed by atoms with E-state index in [1.54, 1.807) is 44.5 Å². The number of methoxy groups -OCH3 is 1. The third-order valence-corrected chi connectivity index (χ3v) is 3.06. The Bertz CT molecular complexity index is 629. The summed E-state index contributed by atoms with van der Waals surface area (Å²) < 4.78 is 5.12. The van der Waals surface area contributed by atoms with E-state index in [0.29, 0.717) is 22.0 Å². The number of halogens is 1. The van der Waals surface area contributed by atoms with Crippen LogP contribution < -0.4 is 15.4 Å². The molecule has 2 N–H and O–H groups in total. The van der Waals surface area contributed by atoms with Gasteiger partial charge in [-0.15, -0.1) is 0 Å². The molecule has 0 spiro atoms. The molecule has 2 rings (SSSR count). The number of carbonyl (C=O) groups is 1. The van der Waals surface area contributed by atoms with Gasteiger partial charge in [-0.1, -0.05) is 17.7 Å². The molecule has 0 aliphatic rings. The number of benzene rings is 2. The minimum atomic E-state index is -0.231. The van der Waals surface area contributed by atoms with E-state index in [1.165, 1.54) is 0 Å². The Morgan fingerprint density at radius 3 is 2.70 bits per heavy atom. The number of rotatable bonds is 4.